The van der Waals surface area contributed by atoms with Crippen LogP contribution in [0.25, 0.3) is 0 Å². The number of carbonyl (C=O) groups excluding carboxylic acids is 2. The van der Waals surface area contributed by atoms with Crippen LogP contribution >= 0.6 is 23.3 Å². The largest absolute Gasteiger partial charge is 0.330 e. The summed E-state index contributed by atoms with van der Waals surface area (Å²) in [5.41, 5.74) is 3.28. The van der Waals surface area contributed by atoms with Gasteiger partial charge in [0.1, 0.15) is 0 Å². The van der Waals surface area contributed by atoms with E-state index < -0.39 is 0 Å². The van der Waals surface area contributed by atoms with Gasteiger partial charge >= 0.3 is 0 Å². The lowest BCUT2D eigenvalue weighted by atomic mass is 10.1. The van der Waals surface area contributed by atoms with E-state index >= 15 is 0 Å². The molecule has 0 aliphatic rings. The Bertz CT molecular complexity index is 1070. The topological polar surface area (TPSA) is 94.0 Å². The number of nitrogens with one attached hydrogen (secondary N) is 3. The fourth-order valence-electron chi connectivity index (χ4n) is 2.62. The van der Waals surface area contributed by atoms with Gasteiger partial charge in [-0.05, 0) is 35.9 Å². The fourth-order valence-corrected chi connectivity index (χ4v) is 3.77. The number of carbonyl (C=O) groups is 2. The average molecular weight is 423 g/mol. The van der Waals surface area contributed by atoms with Gasteiger partial charge in [-0.2, -0.15) is 5.26 Å². The third kappa shape index (κ3) is 5.38. The number of nitriles is 1. The fraction of sp³-hybridized carbons (Fsp3) is 0.0952. The van der Waals surface area contributed by atoms with E-state index in [4.69, 9.17) is 5.26 Å². The number of nitrogens with zero attached hydrogens (tertiary/aromatic N) is 1. The molecule has 0 aliphatic heterocycles. The first-order valence-corrected chi connectivity index (χ1v) is 10.8. The van der Waals surface area contributed by atoms with Crippen LogP contribution in [0.3, 0.4) is 0 Å². The van der Waals surface area contributed by atoms with Gasteiger partial charge in [0.25, 0.3) is 11.8 Å². The van der Waals surface area contributed by atoms with Gasteiger partial charge < -0.3 is 15.4 Å². The molecule has 1 aromatic heterocycles. The summed E-state index contributed by atoms with van der Waals surface area (Å²) < 4.78 is 3.11. The monoisotopic (exact) mass is 422 g/mol. The van der Waals surface area contributed by atoms with Crippen molar-refractivity contribution in [1.82, 2.24) is 0 Å². The van der Waals surface area contributed by atoms with E-state index in [0.717, 1.165) is 11.3 Å². The Hall–Kier alpha value is -3.28. The number of rotatable bonds is 7. The highest BCUT2D eigenvalue weighted by molar-refractivity contribution is 7.99. The van der Waals surface area contributed by atoms with Gasteiger partial charge in [-0.25, -0.2) is 0 Å². The highest BCUT2D eigenvalue weighted by Gasteiger charge is 2.15. The van der Waals surface area contributed by atoms with Gasteiger partial charge in [0.2, 0.25) is 0 Å². The normalized spacial score (nSPS) is 10.1. The summed E-state index contributed by atoms with van der Waals surface area (Å²) in [7, 11) is 0. The zero-order valence-corrected chi connectivity index (χ0v) is 17.2. The molecule has 0 saturated carbocycles. The lowest BCUT2D eigenvalue weighted by molar-refractivity contribution is 0.102. The van der Waals surface area contributed by atoms with Crippen LogP contribution in [0.15, 0.2) is 60.0 Å². The summed E-state index contributed by atoms with van der Waals surface area (Å²) in [5.74, 6) is -0.600. The minimum atomic E-state index is -0.322. The maximum atomic E-state index is 12.6. The summed E-state index contributed by atoms with van der Waals surface area (Å²) in [4.78, 5) is 25.5. The van der Waals surface area contributed by atoms with Crippen molar-refractivity contribution in [1.29, 1.82) is 5.26 Å². The van der Waals surface area contributed by atoms with Crippen molar-refractivity contribution in [2.75, 3.05) is 21.6 Å². The Morgan fingerprint density at radius 1 is 1.03 bits per heavy atom. The minimum Gasteiger partial charge on any atom is -0.330 e. The molecule has 2 amide bonds. The number of para-hydroxylation sites is 1. The lowest BCUT2D eigenvalue weighted by Crippen LogP contribution is -2.13. The Morgan fingerprint density at radius 3 is 2.62 bits per heavy atom. The average Bonchev–Trinajstić information content (AvgIpc) is 3.21. The van der Waals surface area contributed by atoms with E-state index in [-0.39, 0.29) is 18.2 Å². The molecule has 29 heavy (non-hydrogen) atoms. The molecular formula is C21H18N4O2S2. The summed E-state index contributed by atoms with van der Waals surface area (Å²) in [6.07, 6.45) is 2.13. The van der Waals surface area contributed by atoms with Crippen LogP contribution in [0.4, 0.5) is 17.1 Å². The van der Waals surface area contributed by atoms with E-state index in [1.54, 1.807) is 35.7 Å². The molecule has 0 atom stereocenters. The number of hydrogen-bond acceptors (Lipinski definition) is 6. The molecule has 0 fully saturated rings. The van der Waals surface area contributed by atoms with Crippen LogP contribution in [0.1, 0.15) is 25.6 Å². The Kier molecular flexibility index (Phi) is 6.89. The summed E-state index contributed by atoms with van der Waals surface area (Å²) in [5, 5.41) is 16.2. The molecule has 8 heteroatoms. The van der Waals surface area contributed by atoms with Gasteiger partial charge in [0.05, 0.1) is 22.9 Å². The first-order valence-electron chi connectivity index (χ1n) is 8.66. The van der Waals surface area contributed by atoms with Gasteiger partial charge in [-0.3, -0.25) is 9.59 Å². The Balaban J connectivity index is 1.68. The summed E-state index contributed by atoms with van der Waals surface area (Å²) in [6.45, 7) is 0. The smallest absolute Gasteiger partial charge is 0.265 e. The predicted molar refractivity (Wildman–Crippen MR) is 120 cm³/mol. The first kappa shape index (κ1) is 20.5. The zero-order valence-electron chi connectivity index (χ0n) is 15.6. The molecule has 3 rings (SSSR count). The quantitative estimate of drug-likeness (QED) is 0.465. The zero-order chi connectivity index (χ0) is 20.6. The maximum Gasteiger partial charge on any atom is 0.265 e. The number of benzene rings is 2. The molecule has 146 valence electrons. The maximum absolute atomic E-state index is 12.6. The van der Waals surface area contributed by atoms with Crippen molar-refractivity contribution >= 4 is 52.2 Å². The predicted octanol–water partition coefficient (Wildman–Crippen LogP) is 5.01. The van der Waals surface area contributed by atoms with Gasteiger partial charge in [0.15, 0.2) is 0 Å². The number of amides is 2. The molecule has 3 N–H and O–H groups in total. The van der Waals surface area contributed by atoms with E-state index in [0.29, 0.717) is 21.8 Å². The molecule has 0 spiro atoms. The van der Waals surface area contributed by atoms with Gasteiger partial charge in [-0.1, -0.05) is 36.2 Å². The number of thiophene rings is 1. The third-order valence-corrected chi connectivity index (χ3v) is 5.33. The second kappa shape index (κ2) is 9.78. The number of anilines is 3. The van der Waals surface area contributed by atoms with Crippen LogP contribution in [-0.2, 0) is 6.42 Å². The van der Waals surface area contributed by atoms with E-state index in [1.165, 1.54) is 23.3 Å². The van der Waals surface area contributed by atoms with Crippen molar-refractivity contribution in [2.24, 2.45) is 0 Å². The van der Waals surface area contributed by atoms with Gasteiger partial charge in [0, 0.05) is 28.7 Å². The SMILES string of the molecule is CSNc1cccc(NC(=O)c2cc(C(=O)Nc3ccccc3CC#N)cs2)c1. The van der Waals surface area contributed by atoms with Crippen molar-refractivity contribution in [2.45, 2.75) is 6.42 Å². The van der Waals surface area contributed by atoms with Crippen LogP contribution in [0, 0.1) is 11.3 Å². The van der Waals surface area contributed by atoms with E-state index in [9.17, 15) is 9.59 Å². The molecule has 1 heterocycles. The second-order valence-corrected chi connectivity index (χ2v) is 7.51. The second-order valence-electron chi connectivity index (χ2n) is 5.99. The molecule has 6 nitrogen and oxygen atoms in total. The van der Waals surface area contributed by atoms with Crippen LogP contribution in [0.2, 0.25) is 0 Å². The highest BCUT2D eigenvalue weighted by Crippen LogP contribution is 2.22. The lowest BCUT2D eigenvalue weighted by Gasteiger charge is -2.08. The Labute approximate surface area is 177 Å². The molecule has 0 unspecified atom stereocenters. The standard InChI is InChI=1S/C21H18N4O2S2/c1-28-25-17-7-4-6-16(12-17)23-21(27)19-11-15(13-29-19)20(26)24-18-8-3-2-5-14(18)9-10-22/h2-8,11-13,25H,9H2,1H3,(H,23,27)(H,24,26). The van der Waals surface area contributed by atoms with Crippen LogP contribution < -0.4 is 15.4 Å². The van der Waals surface area contributed by atoms with Gasteiger partial charge in [-0.15, -0.1) is 11.3 Å². The highest BCUT2D eigenvalue weighted by atomic mass is 32.2. The molecule has 2 aromatic carbocycles. The molecule has 0 bridgehead atoms. The molecule has 3 aromatic rings. The van der Waals surface area contributed by atoms with Crippen molar-refractivity contribution in [3.8, 4) is 6.07 Å². The molecule has 0 radical (unpaired) electrons. The van der Waals surface area contributed by atoms with Crippen molar-refractivity contribution in [3.63, 3.8) is 0 Å². The summed E-state index contributed by atoms with van der Waals surface area (Å²) >= 11 is 2.67. The molecule has 0 saturated heterocycles. The summed E-state index contributed by atoms with van der Waals surface area (Å²) in [6, 6.07) is 18.2. The van der Waals surface area contributed by atoms with Crippen LogP contribution in [-0.4, -0.2) is 18.1 Å². The first-order chi connectivity index (χ1) is 14.1. The molecular weight excluding hydrogens is 404 g/mol. The van der Waals surface area contributed by atoms with E-state index in [2.05, 4.69) is 21.4 Å². The Morgan fingerprint density at radius 2 is 1.83 bits per heavy atom. The van der Waals surface area contributed by atoms with Crippen molar-refractivity contribution in [3.05, 3.63) is 76.0 Å². The number of hydrogen-bond donors (Lipinski definition) is 3. The minimum absolute atomic E-state index is 0.207. The van der Waals surface area contributed by atoms with E-state index in [1.807, 2.05) is 30.5 Å². The van der Waals surface area contributed by atoms with Crippen molar-refractivity contribution < 1.29 is 9.59 Å². The third-order valence-electron chi connectivity index (χ3n) is 3.96. The molecule has 0 aliphatic carbocycles. The van der Waals surface area contributed by atoms with Crippen LogP contribution in [0.5, 0.6) is 0 Å².